The van der Waals surface area contributed by atoms with Crippen LogP contribution in [0.5, 0.6) is 0 Å². The van der Waals surface area contributed by atoms with Crippen LogP contribution in [0.3, 0.4) is 0 Å². The third kappa shape index (κ3) is 4.87. The highest BCUT2D eigenvalue weighted by molar-refractivity contribution is 9.10. The van der Waals surface area contributed by atoms with Crippen LogP contribution in [0.15, 0.2) is 93.9 Å². The van der Waals surface area contributed by atoms with Gasteiger partial charge in [-0.05, 0) is 41.8 Å². The third-order valence-corrected chi connectivity index (χ3v) is 6.60. The molecule has 1 amide bonds. The Hall–Kier alpha value is -3.35. The number of nitrogens with one attached hydrogen (secondary N) is 3. The topological polar surface area (TPSA) is 70.1 Å². The van der Waals surface area contributed by atoms with Gasteiger partial charge in [0.25, 0.3) is 0 Å². The summed E-state index contributed by atoms with van der Waals surface area (Å²) in [4.78, 5) is 16.6. The van der Waals surface area contributed by atoms with Gasteiger partial charge in [0.05, 0.1) is 12.6 Å². The highest BCUT2D eigenvalue weighted by Crippen LogP contribution is 2.21. The second-order valence-electron chi connectivity index (χ2n) is 8.06. The Labute approximate surface area is 200 Å². The van der Waals surface area contributed by atoms with Crippen LogP contribution in [0.4, 0.5) is 0 Å². The Morgan fingerprint density at radius 2 is 1.73 bits per heavy atom. The summed E-state index contributed by atoms with van der Waals surface area (Å²) in [6.07, 6.45) is 2.55. The Morgan fingerprint density at radius 1 is 0.939 bits per heavy atom. The third-order valence-electron chi connectivity index (χ3n) is 5.83. The van der Waals surface area contributed by atoms with Gasteiger partial charge in [-0.1, -0.05) is 70.5 Å². The smallest absolute Gasteiger partial charge is 0.237 e. The van der Waals surface area contributed by atoms with E-state index in [9.17, 15) is 4.79 Å². The summed E-state index contributed by atoms with van der Waals surface area (Å²) in [6.45, 7) is 0.918. The lowest BCUT2D eigenvalue weighted by atomic mass is 10.0. The first-order chi connectivity index (χ1) is 16.2. The molecule has 0 saturated carbocycles. The van der Waals surface area contributed by atoms with E-state index >= 15 is 0 Å². The average Bonchev–Trinajstić information content (AvgIpc) is 3.44. The SMILES string of the molecule is O=C(NCc1ccccc1Br)C(Cc1c[nH]c2ccccc12)NCc1cc2ccccc2o1. The van der Waals surface area contributed by atoms with Crippen LogP contribution in [-0.4, -0.2) is 16.9 Å². The van der Waals surface area contributed by atoms with E-state index in [1.807, 2.05) is 79.0 Å². The highest BCUT2D eigenvalue weighted by atomic mass is 79.9. The molecular formula is C27H24BrN3O2. The summed E-state index contributed by atoms with van der Waals surface area (Å²) in [6, 6.07) is 25.6. The first-order valence-electron chi connectivity index (χ1n) is 10.9. The number of benzene rings is 3. The molecule has 1 atom stereocenters. The van der Waals surface area contributed by atoms with Crippen LogP contribution in [0.2, 0.25) is 0 Å². The summed E-state index contributed by atoms with van der Waals surface area (Å²) >= 11 is 3.55. The number of carbonyl (C=O) groups is 1. The molecule has 5 nitrogen and oxygen atoms in total. The van der Waals surface area contributed by atoms with E-state index in [1.54, 1.807) is 0 Å². The van der Waals surface area contributed by atoms with Gasteiger partial charge >= 0.3 is 0 Å². The number of H-pyrrole nitrogens is 1. The van der Waals surface area contributed by atoms with Gasteiger partial charge < -0.3 is 14.7 Å². The number of aromatic amines is 1. The molecule has 166 valence electrons. The van der Waals surface area contributed by atoms with Crippen molar-refractivity contribution in [3.8, 4) is 0 Å². The predicted octanol–water partition coefficient (Wildman–Crippen LogP) is 5.69. The Morgan fingerprint density at radius 3 is 2.61 bits per heavy atom. The molecule has 2 aromatic heterocycles. The monoisotopic (exact) mass is 501 g/mol. The van der Waals surface area contributed by atoms with E-state index in [1.165, 1.54) is 0 Å². The lowest BCUT2D eigenvalue weighted by Gasteiger charge is -2.18. The molecule has 5 aromatic rings. The highest BCUT2D eigenvalue weighted by Gasteiger charge is 2.21. The number of rotatable bonds is 8. The number of amides is 1. The van der Waals surface area contributed by atoms with E-state index in [-0.39, 0.29) is 5.91 Å². The van der Waals surface area contributed by atoms with Crippen molar-refractivity contribution >= 4 is 43.7 Å². The number of fused-ring (bicyclic) bond motifs is 2. The minimum Gasteiger partial charge on any atom is -0.460 e. The second kappa shape index (κ2) is 9.65. The maximum absolute atomic E-state index is 13.3. The lowest BCUT2D eigenvalue weighted by Crippen LogP contribution is -2.45. The van der Waals surface area contributed by atoms with Crippen molar-refractivity contribution in [1.82, 2.24) is 15.6 Å². The van der Waals surface area contributed by atoms with E-state index in [4.69, 9.17) is 4.42 Å². The Kier molecular flexibility index (Phi) is 6.28. The molecule has 0 fully saturated rings. The molecule has 0 aliphatic rings. The molecule has 0 spiro atoms. The van der Waals surface area contributed by atoms with Gasteiger partial charge in [0, 0.05) is 33.5 Å². The van der Waals surface area contributed by atoms with Gasteiger partial charge in [-0.3, -0.25) is 10.1 Å². The molecule has 6 heteroatoms. The fourth-order valence-electron chi connectivity index (χ4n) is 4.07. The van der Waals surface area contributed by atoms with Crippen LogP contribution < -0.4 is 10.6 Å². The summed E-state index contributed by atoms with van der Waals surface area (Å²) in [5.41, 5.74) is 4.05. The molecule has 33 heavy (non-hydrogen) atoms. The molecule has 3 aromatic carbocycles. The molecule has 2 heterocycles. The van der Waals surface area contributed by atoms with Crippen LogP contribution >= 0.6 is 15.9 Å². The van der Waals surface area contributed by atoms with Crippen molar-refractivity contribution in [3.05, 3.63) is 106 Å². The number of furan rings is 1. The lowest BCUT2D eigenvalue weighted by molar-refractivity contribution is -0.123. The molecule has 0 aliphatic heterocycles. The van der Waals surface area contributed by atoms with Gasteiger partial charge in [-0.15, -0.1) is 0 Å². The van der Waals surface area contributed by atoms with Crippen LogP contribution in [0, 0.1) is 0 Å². The van der Waals surface area contributed by atoms with Crippen LogP contribution in [0.25, 0.3) is 21.9 Å². The largest absolute Gasteiger partial charge is 0.460 e. The van der Waals surface area contributed by atoms with Gasteiger partial charge in [-0.2, -0.15) is 0 Å². The number of hydrogen-bond acceptors (Lipinski definition) is 3. The first-order valence-corrected chi connectivity index (χ1v) is 11.7. The number of halogens is 1. The van der Waals surface area contributed by atoms with Crippen molar-refractivity contribution in [3.63, 3.8) is 0 Å². The molecule has 5 rings (SSSR count). The second-order valence-corrected chi connectivity index (χ2v) is 8.91. The zero-order valence-corrected chi connectivity index (χ0v) is 19.6. The average molecular weight is 502 g/mol. The number of carbonyl (C=O) groups excluding carboxylic acids is 1. The van der Waals surface area contributed by atoms with E-state index in [0.29, 0.717) is 19.5 Å². The van der Waals surface area contributed by atoms with Crippen LogP contribution in [-0.2, 0) is 24.3 Å². The molecular weight excluding hydrogens is 478 g/mol. The van der Waals surface area contributed by atoms with E-state index in [0.717, 1.165) is 43.2 Å². The summed E-state index contributed by atoms with van der Waals surface area (Å²) in [7, 11) is 0. The molecule has 3 N–H and O–H groups in total. The fraction of sp³-hybridized carbons (Fsp3) is 0.148. The number of aromatic nitrogens is 1. The summed E-state index contributed by atoms with van der Waals surface area (Å²) in [5, 5.41) is 8.70. The Balaban J connectivity index is 1.34. The summed E-state index contributed by atoms with van der Waals surface area (Å²) in [5.74, 6) is 0.755. The normalized spacial score (nSPS) is 12.3. The molecule has 0 bridgehead atoms. The standard InChI is InChI=1S/C27H24BrN3O2/c28-23-10-4-1-8-19(23)15-31-27(32)25(14-20-16-29-24-11-5-3-9-22(20)24)30-17-21-13-18-7-2-6-12-26(18)33-21/h1-13,16,25,29-30H,14-15,17H2,(H,31,32). The van der Waals surface area contributed by atoms with Gasteiger partial charge in [0.1, 0.15) is 11.3 Å². The molecule has 0 aliphatic carbocycles. The quantitative estimate of drug-likeness (QED) is 0.255. The van der Waals surface area contributed by atoms with Crippen LogP contribution in [0.1, 0.15) is 16.9 Å². The van der Waals surface area contributed by atoms with Crippen molar-refractivity contribution in [2.24, 2.45) is 0 Å². The fourth-order valence-corrected chi connectivity index (χ4v) is 4.50. The maximum atomic E-state index is 13.3. The van der Waals surface area contributed by atoms with Gasteiger partial charge in [0.2, 0.25) is 5.91 Å². The van der Waals surface area contributed by atoms with Crippen molar-refractivity contribution in [1.29, 1.82) is 0 Å². The van der Waals surface area contributed by atoms with Gasteiger partial charge in [-0.25, -0.2) is 0 Å². The molecule has 0 saturated heterocycles. The minimum atomic E-state index is -0.417. The zero-order chi connectivity index (χ0) is 22.6. The minimum absolute atomic E-state index is 0.0489. The number of para-hydroxylation sites is 2. The number of hydrogen-bond donors (Lipinski definition) is 3. The van der Waals surface area contributed by atoms with Gasteiger partial charge in [0.15, 0.2) is 0 Å². The predicted molar refractivity (Wildman–Crippen MR) is 135 cm³/mol. The summed E-state index contributed by atoms with van der Waals surface area (Å²) < 4.78 is 6.92. The zero-order valence-electron chi connectivity index (χ0n) is 18.0. The van der Waals surface area contributed by atoms with Crippen molar-refractivity contribution < 1.29 is 9.21 Å². The molecule has 0 radical (unpaired) electrons. The van der Waals surface area contributed by atoms with Crippen molar-refractivity contribution in [2.75, 3.05) is 0 Å². The van der Waals surface area contributed by atoms with E-state index < -0.39 is 6.04 Å². The Bertz CT molecular complexity index is 1370. The maximum Gasteiger partial charge on any atom is 0.237 e. The van der Waals surface area contributed by atoms with Crippen molar-refractivity contribution in [2.45, 2.75) is 25.6 Å². The van der Waals surface area contributed by atoms with E-state index in [2.05, 4.69) is 37.6 Å². The first kappa shape index (κ1) is 21.5. The molecule has 1 unspecified atom stereocenters.